The van der Waals surface area contributed by atoms with Crippen LogP contribution < -0.4 is 15.0 Å². The van der Waals surface area contributed by atoms with Crippen molar-refractivity contribution in [2.45, 2.75) is 46.0 Å². The van der Waals surface area contributed by atoms with Crippen LogP contribution in [0.25, 0.3) is 0 Å². The number of nitrogens with zero attached hydrogens (tertiary/aromatic N) is 3. The Morgan fingerprint density at radius 1 is 1.24 bits per heavy atom. The summed E-state index contributed by atoms with van der Waals surface area (Å²) in [5.41, 5.74) is 4.39. The number of aromatic amines is 1. The summed E-state index contributed by atoms with van der Waals surface area (Å²) in [4.78, 5) is 40.5. The zero-order chi connectivity index (χ0) is 23.5. The van der Waals surface area contributed by atoms with Crippen LogP contribution >= 0.6 is 0 Å². The van der Waals surface area contributed by atoms with Gasteiger partial charge in [-0.3, -0.25) is 19.5 Å². The largest absolute Gasteiger partial charge is 0.482 e. The number of hydrogen-bond acceptors (Lipinski definition) is 5. The van der Waals surface area contributed by atoms with E-state index in [0.717, 1.165) is 29.8 Å². The van der Waals surface area contributed by atoms with Crippen molar-refractivity contribution in [1.29, 1.82) is 0 Å². The highest BCUT2D eigenvalue weighted by molar-refractivity contribution is 5.99. The van der Waals surface area contributed by atoms with Crippen LogP contribution in [-0.4, -0.2) is 59.6 Å². The maximum Gasteiger partial charge on any atom is 0.264 e. The number of carbonyl (C=O) groups is 3. The van der Waals surface area contributed by atoms with Gasteiger partial charge in [0.1, 0.15) is 5.75 Å². The molecule has 1 fully saturated rings. The first kappa shape index (κ1) is 22.8. The minimum atomic E-state index is -0.123. The first-order chi connectivity index (χ1) is 15.8. The van der Waals surface area contributed by atoms with Crippen molar-refractivity contribution in [2.24, 2.45) is 5.92 Å². The second-order valence-electron chi connectivity index (χ2n) is 8.91. The van der Waals surface area contributed by atoms with Gasteiger partial charge in [-0.15, -0.1) is 0 Å². The number of H-pyrrole nitrogens is 1. The van der Waals surface area contributed by atoms with Crippen LogP contribution in [0.4, 0.5) is 11.4 Å². The molecule has 2 aliphatic rings. The van der Waals surface area contributed by atoms with Gasteiger partial charge in [0.25, 0.3) is 5.91 Å². The number of amides is 3. The topological polar surface area (TPSA) is 108 Å². The molecule has 0 aliphatic carbocycles. The van der Waals surface area contributed by atoms with Crippen LogP contribution in [0.2, 0.25) is 0 Å². The van der Waals surface area contributed by atoms with Crippen molar-refractivity contribution in [2.75, 3.05) is 37.0 Å². The average Bonchev–Trinajstić information content (AvgIpc) is 3.12. The highest BCUT2D eigenvalue weighted by atomic mass is 16.5. The van der Waals surface area contributed by atoms with Crippen LogP contribution in [0.15, 0.2) is 18.2 Å². The molecule has 4 rings (SSSR count). The molecule has 2 aliphatic heterocycles. The summed E-state index contributed by atoms with van der Waals surface area (Å²) in [7, 11) is 1.70. The molecule has 1 aromatic heterocycles. The highest BCUT2D eigenvalue weighted by Gasteiger charge is 2.26. The highest BCUT2D eigenvalue weighted by Crippen LogP contribution is 2.34. The SMILES string of the molecule is Cc1n[nH]c(C)c1CCC(=O)N1CCC(CC(=O)Nc2ccc3c(c2)N(C)C(=O)CO3)CC1. The molecule has 0 saturated carbocycles. The standard InChI is InChI=1S/C24H31N5O4/c1-15-19(16(2)27-26-15)5-7-23(31)29-10-8-17(9-11-29)12-22(30)25-18-4-6-21-20(13-18)28(3)24(32)14-33-21/h4,6,13,17H,5,7-12,14H2,1-3H3,(H,25,30)(H,26,27). The molecule has 2 aromatic rings. The van der Waals surface area contributed by atoms with Gasteiger partial charge in [0, 0.05) is 44.4 Å². The van der Waals surface area contributed by atoms with Gasteiger partial charge in [0.05, 0.1) is 11.4 Å². The lowest BCUT2D eigenvalue weighted by molar-refractivity contribution is -0.132. The second kappa shape index (κ2) is 9.64. The Morgan fingerprint density at radius 2 is 2.00 bits per heavy atom. The Kier molecular flexibility index (Phi) is 6.67. The molecule has 9 heteroatoms. The molecular weight excluding hydrogens is 422 g/mol. The van der Waals surface area contributed by atoms with Gasteiger partial charge in [0.15, 0.2) is 6.61 Å². The van der Waals surface area contributed by atoms with E-state index in [1.165, 1.54) is 4.90 Å². The normalized spacial score (nSPS) is 16.4. The monoisotopic (exact) mass is 453 g/mol. The third-order valence-electron chi connectivity index (χ3n) is 6.64. The minimum Gasteiger partial charge on any atom is -0.482 e. The molecule has 9 nitrogen and oxygen atoms in total. The summed E-state index contributed by atoms with van der Waals surface area (Å²) >= 11 is 0. The number of rotatable bonds is 6. The fourth-order valence-corrected chi connectivity index (χ4v) is 4.54. The summed E-state index contributed by atoms with van der Waals surface area (Å²) in [5, 5.41) is 10.1. The van der Waals surface area contributed by atoms with E-state index in [1.54, 1.807) is 25.2 Å². The molecule has 2 N–H and O–H groups in total. The van der Waals surface area contributed by atoms with E-state index in [1.807, 2.05) is 18.7 Å². The Morgan fingerprint density at radius 3 is 2.70 bits per heavy atom. The summed E-state index contributed by atoms with van der Waals surface area (Å²) in [5.74, 6) is 0.856. The minimum absolute atomic E-state index is 0.0268. The Balaban J connectivity index is 1.23. The molecule has 0 unspecified atom stereocenters. The number of likely N-dealkylation sites (tertiary alicyclic amines) is 1. The van der Waals surface area contributed by atoms with Crippen LogP contribution in [0, 0.1) is 19.8 Å². The van der Waals surface area contributed by atoms with Gasteiger partial charge < -0.3 is 19.9 Å². The van der Waals surface area contributed by atoms with Gasteiger partial charge in [-0.05, 0) is 62.8 Å². The number of aromatic nitrogens is 2. The number of aryl methyl sites for hydroxylation is 2. The van der Waals surface area contributed by atoms with E-state index in [2.05, 4.69) is 15.5 Å². The lowest BCUT2D eigenvalue weighted by atomic mass is 9.93. The van der Waals surface area contributed by atoms with Crippen molar-refractivity contribution in [3.05, 3.63) is 35.2 Å². The van der Waals surface area contributed by atoms with E-state index in [9.17, 15) is 14.4 Å². The molecule has 0 bridgehead atoms. The predicted octanol–water partition coefficient (Wildman–Crippen LogP) is 2.58. The summed E-state index contributed by atoms with van der Waals surface area (Å²) in [6, 6.07) is 5.31. The zero-order valence-electron chi connectivity index (χ0n) is 19.4. The lowest BCUT2D eigenvalue weighted by Crippen LogP contribution is -2.39. The zero-order valence-corrected chi connectivity index (χ0v) is 19.4. The third kappa shape index (κ3) is 5.18. The molecule has 33 heavy (non-hydrogen) atoms. The number of likely N-dealkylation sites (N-methyl/N-ethyl adjacent to an activating group) is 1. The number of benzene rings is 1. The summed E-state index contributed by atoms with van der Waals surface area (Å²) < 4.78 is 5.43. The molecule has 0 spiro atoms. The van der Waals surface area contributed by atoms with Gasteiger partial charge in [-0.25, -0.2) is 0 Å². The van der Waals surface area contributed by atoms with Gasteiger partial charge in [-0.2, -0.15) is 5.10 Å². The lowest BCUT2D eigenvalue weighted by Gasteiger charge is -2.32. The van der Waals surface area contributed by atoms with Crippen molar-refractivity contribution >= 4 is 29.1 Å². The van der Waals surface area contributed by atoms with E-state index in [-0.39, 0.29) is 30.2 Å². The Hall–Kier alpha value is -3.36. The van der Waals surface area contributed by atoms with E-state index >= 15 is 0 Å². The maximum absolute atomic E-state index is 12.6. The Bertz CT molecular complexity index is 1040. The molecule has 0 radical (unpaired) electrons. The first-order valence-electron chi connectivity index (χ1n) is 11.4. The number of piperidine rings is 1. The van der Waals surface area contributed by atoms with Crippen LogP contribution in [0.5, 0.6) is 5.75 Å². The van der Waals surface area contributed by atoms with Crippen molar-refractivity contribution in [3.63, 3.8) is 0 Å². The summed E-state index contributed by atoms with van der Waals surface area (Å²) in [6.45, 7) is 5.33. The van der Waals surface area contributed by atoms with Crippen molar-refractivity contribution in [1.82, 2.24) is 15.1 Å². The van der Waals surface area contributed by atoms with Gasteiger partial charge in [0.2, 0.25) is 11.8 Å². The van der Waals surface area contributed by atoms with Gasteiger partial charge >= 0.3 is 0 Å². The predicted molar refractivity (Wildman–Crippen MR) is 124 cm³/mol. The van der Waals surface area contributed by atoms with Gasteiger partial charge in [-0.1, -0.05) is 0 Å². The molecular formula is C24H31N5O4. The number of hydrogen-bond donors (Lipinski definition) is 2. The van der Waals surface area contributed by atoms with E-state index < -0.39 is 0 Å². The van der Waals surface area contributed by atoms with Crippen LogP contribution in [0.1, 0.15) is 42.6 Å². The number of fused-ring (bicyclic) bond motifs is 1. The first-order valence-corrected chi connectivity index (χ1v) is 11.4. The average molecular weight is 454 g/mol. The third-order valence-corrected chi connectivity index (χ3v) is 6.64. The van der Waals surface area contributed by atoms with E-state index in [4.69, 9.17) is 4.74 Å². The molecule has 176 valence electrons. The molecule has 1 aromatic carbocycles. The van der Waals surface area contributed by atoms with Crippen LogP contribution in [-0.2, 0) is 20.8 Å². The van der Waals surface area contributed by atoms with Crippen molar-refractivity contribution in [3.8, 4) is 5.75 Å². The smallest absolute Gasteiger partial charge is 0.264 e. The molecule has 3 heterocycles. The fourth-order valence-electron chi connectivity index (χ4n) is 4.54. The fraction of sp³-hybridized carbons (Fsp3) is 0.500. The molecule has 1 saturated heterocycles. The summed E-state index contributed by atoms with van der Waals surface area (Å²) in [6.07, 6.45) is 3.22. The van der Waals surface area contributed by atoms with Crippen LogP contribution in [0.3, 0.4) is 0 Å². The number of ether oxygens (including phenoxy) is 1. The van der Waals surface area contributed by atoms with E-state index in [0.29, 0.717) is 49.5 Å². The van der Waals surface area contributed by atoms with Crippen molar-refractivity contribution < 1.29 is 19.1 Å². The second-order valence-corrected chi connectivity index (χ2v) is 8.91. The number of anilines is 2. The number of carbonyl (C=O) groups excluding carboxylic acids is 3. The molecule has 3 amide bonds. The number of nitrogens with one attached hydrogen (secondary N) is 2. The maximum atomic E-state index is 12.6. The molecule has 0 atom stereocenters. The Labute approximate surface area is 193 Å². The quantitative estimate of drug-likeness (QED) is 0.699.